The summed E-state index contributed by atoms with van der Waals surface area (Å²) < 4.78 is 8.04. The van der Waals surface area contributed by atoms with Crippen LogP contribution in [0, 0.1) is 0 Å². The number of hydrogen-bond acceptors (Lipinski definition) is 1. The Morgan fingerprint density at radius 3 is 1.00 bits per heavy atom. The number of rotatable bonds is 3. The van der Waals surface area contributed by atoms with Crippen LogP contribution in [0.4, 0.5) is 0 Å². The second-order valence-corrected chi connectivity index (χ2v) is 9.69. The smallest absolute Gasteiger partial charge is 0.145 e. The molecule has 0 bridgehead atoms. The number of nitrogens with zero attached hydrogens (tertiary/aromatic N) is 3. The van der Waals surface area contributed by atoms with Crippen LogP contribution in [0.15, 0.2) is 0 Å². The fourth-order valence-electron chi connectivity index (χ4n) is 3.42. The van der Waals surface area contributed by atoms with E-state index in [4.69, 9.17) is 11.8 Å². The standard InChI is InChI=1S/C12H24N3PS/c17-16(13-7-1-2-8-13,14-9-3-4-10-14)15-11-5-6-12-15/h1-12H2. The molecule has 0 atom stereocenters. The molecule has 0 radical (unpaired) electrons. The van der Waals surface area contributed by atoms with Crippen LogP contribution in [0.1, 0.15) is 38.5 Å². The van der Waals surface area contributed by atoms with E-state index in [9.17, 15) is 0 Å². The van der Waals surface area contributed by atoms with E-state index in [1.165, 1.54) is 77.8 Å². The Labute approximate surface area is 110 Å². The Bertz CT molecular complexity index is 257. The molecule has 0 amide bonds. The van der Waals surface area contributed by atoms with Crippen LogP contribution < -0.4 is 0 Å². The highest BCUT2D eigenvalue weighted by Crippen LogP contribution is 2.60. The summed E-state index contributed by atoms with van der Waals surface area (Å²) in [6, 6.07) is 0. The minimum Gasteiger partial charge on any atom is -0.252 e. The van der Waals surface area contributed by atoms with E-state index in [1.807, 2.05) is 0 Å². The lowest BCUT2D eigenvalue weighted by Gasteiger charge is -2.44. The fraction of sp³-hybridized carbons (Fsp3) is 1.00. The summed E-state index contributed by atoms with van der Waals surface area (Å²) in [4.78, 5) is 0. The molecule has 3 nitrogen and oxygen atoms in total. The minimum atomic E-state index is -1.53. The zero-order valence-electron chi connectivity index (χ0n) is 10.7. The quantitative estimate of drug-likeness (QED) is 0.731. The van der Waals surface area contributed by atoms with Crippen molar-refractivity contribution in [2.45, 2.75) is 38.5 Å². The third-order valence-electron chi connectivity index (χ3n) is 4.35. The van der Waals surface area contributed by atoms with Crippen LogP contribution in [0.25, 0.3) is 0 Å². The molecule has 98 valence electrons. The molecule has 3 aliphatic heterocycles. The summed E-state index contributed by atoms with van der Waals surface area (Å²) in [6.45, 7) is 6.00. The predicted molar refractivity (Wildman–Crippen MR) is 76.7 cm³/mol. The molecule has 0 spiro atoms. The minimum absolute atomic E-state index is 1.25. The normalized spacial score (nSPS) is 29.4. The summed E-state index contributed by atoms with van der Waals surface area (Å²) in [7, 11) is 0. The van der Waals surface area contributed by atoms with Gasteiger partial charge >= 0.3 is 0 Å². The van der Waals surface area contributed by atoms with Gasteiger partial charge in [0.2, 0.25) is 0 Å². The van der Waals surface area contributed by atoms with Crippen LogP contribution in [0.5, 0.6) is 0 Å². The SMILES string of the molecule is S=P(N1CCCC1)(N1CCCC1)N1CCCC1. The molecule has 0 aromatic rings. The maximum atomic E-state index is 6.27. The van der Waals surface area contributed by atoms with Gasteiger partial charge < -0.3 is 0 Å². The molecule has 17 heavy (non-hydrogen) atoms. The summed E-state index contributed by atoms with van der Waals surface area (Å²) in [5.74, 6) is 0. The molecule has 3 rings (SSSR count). The summed E-state index contributed by atoms with van der Waals surface area (Å²) in [5, 5.41) is 0. The Kier molecular flexibility index (Phi) is 3.89. The zero-order chi connectivity index (χ0) is 11.7. The molecule has 3 saturated heterocycles. The molecule has 3 fully saturated rings. The van der Waals surface area contributed by atoms with Gasteiger partial charge in [0.05, 0.1) is 0 Å². The third-order valence-corrected chi connectivity index (χ3v) is 9.84. The van der Waals surface area contributed by atoms with Crippen molar-refractivity contribution in [3.63, 3.8) is 0 Å². The largest absolute Gasteiger partial charge is 0.252 e. The summed E-state index contributed by atoms with van der Waals surface area (Å²) in [6.07, 6.45) is 8.17. The maximum absolute atomic E-state index is 6.27. The first kappa shape index (κ1) is 12.6. The molecule has 0 aromatic carbocycles. The van der Waals surface area contributed by atoms with Gasteiger partial charge in [0.25, 0.3) is 0 Å². The molecule has 0 aliphatic carbocycles. The van der Waals surface area contributed by atoms with Gasteiger partial charge in [-0.3, -0.25) is 14.0 Å². The van der Waals surface area contributed by atoms with Gasteiger partial charge in [0.1, 0.15) is 6.49 Å². The molecular formula is C12H24N3PS. The van der Waals surface area contributed by atoms with Crippen molar-refractivity contribution in [1.82, 2.24) is 14.0 Å². The lowest BCUT2D eigenvalue weighted by atomic mass is 10.4. The van der Waals surface area contributed by atoms with Crippen molar-refractivity contribution < 1.29 is 0 Å². The zero-order valence-corrected chi connectivity index (χ0v) is 12.4. The Morgan fingerprint density at radius 2 is 0.765 bits per heavy atom. The van der Waals surface area contributed by atoms with Gasteiger partial charge in [-0.05, 0) is 50.3 Å². The Hall–Kier alpha value is 0.530. The topological polar surface area (TPSA) is 9.72 Å². The molecule has 0 saturated carbocycles. The van der Waals surface area contributed by atoms with Crippen LogP contribution in [0.2, 0.25) is 0 Å². The van der Waals surface area contributed by atoms with Gasteiger partial charge in [0.15, 0.2) is 0 Å². The number of hydrogen-bond donors (Lipinski definition) is 0. The van der Waals surface area contributed by atoms with Crippen LogP contribution >= 0.6 is 6.49 Å². The molecule has 0 N–H and O–H groups in total. The van der Waals surface area contributed by atoms with E-state index in [2.05, 4.69) is 14.0 Å². The van der Waals surface area contributed by atoms with Crippen LogP contribution in [-0.4, -0.2) is 53.3 Å². The maximum Gasteiger partial charge on any atom is 0.145 e. The molecule has 5 heteroatoms. The van der Waals surface area contributed by atoms with Crippen molar-refractivity contribution in [2.24, 2.45) is 0 Å². The highest BCUT2D eigenvalue weighted by Gasteiger charge is 2.41. The van der Waals surface area contributed by atoms with Gasteiger partial charge in [-0.25, -0.2) is 0 Å². The lowest BCUT2D eigenvalue weighted by Crippen LogP contribution is -2.37. The highest BCUT2D eigenvalue weighted by molar-refractivity contribution is 8.11. The first-order chi connectivity index (χ1) is 8.32. The van der Waals surface area contributed by atoms with Gasteiger partial charge in [-0.2, -0.15) is 0 Å². The van der Waals surface area contributed by atoms with Gasteiger partial charge in [-0.15, -0.1) is 0 Å². The molecule has 3 heterocycles. The monoisotopic (exact) mass is 273 g/mol. The van der Waals surface area contributed by atoms with E-state index in [-0.39, 0.29) is 0 Å². The fourth-order valence-corrected chi connectivity index (χ4v) is 8.37. The average Bonchev–Trinajstić information content (AvgIpc) is 3.10. The lowest BCUT2D eigenvalue weighted by molar-refractivity contribution is 0.394. The molecule has 0 aromatic heterocycles. The second kappa shape index (κ2) is 5.26. The van der Waals surface area contributed by atoms with Crippen molar-refractivity contribution in [1.29, 1.82) is 0 Å². The van der Waals surface area contributed by atoms with E-state index in [0.29, 0.717) is 0 Å². The van der Waals surface area contributed by atoms with Crippen LogP contribution in [0.3, 0.4) is 0 Å². The molecule has 0 unspecified atom stereocenters. The summed E-state index contributed by atoms with van der Waals surface area (Å²) >= 11 is 6.27. The third kappa shape index (κ3) is 2.23. The second-order valence-electron chi connectivity index (χ2n) is 5.50. The first-order valence-electron chi connectivity index (χ1n) is 7.18. The Balaban J connectivity index is 1.84. The van der Waals surface area contributed by atoms with Crippen molar-refractivity contribution in [3.05, 3.63) is 0 Å². The van der Waals surface area contributed by atoms with E-state index >= 15 is 0 Å². The predicted octanol–water partition coefficient (Wildman–Crippen LogP) is 2.50. The first-order valence-corrected chi connectivity index (χ1v) is 9.84. The van der Waals surface area contributed by atoms with Crippen molar-refractivity contribution in [2.75, 3.05) is 39.3 Å². The van der Waals surface area contributed by atoms with Crippen molar-refractivity contribution >= 4 is 18.3 Å². The van der Waals surface area contributed by atoms with Crippen molar-refractivity contribution in [3.8, 4) is 0 Å². The Morgan fingerprint density at radius 1 is 0.529 bits per heavy atom. The highest BCUT2D eigenvalue weighted by atomic mass is 32.4. The summed E-state index contributed by atoms with van der Waals surface area (Å²) in [5.41, 5.74) is 0. The average molecular weight is 273 g/mol. The molecular weight excluding hydrogens is 249 g/mol. The van der Waals surface area contributed by atoms with E-state index in [0.717, 1.165) is 0 Å². The van der Waals surface area contributed by atoms with E-state index < -0.39 is 6.49 Å². The van der Waals surface area contributed by atoms with Gasteiger partial charge in [-0.1, -0.05) is 0 Å². The molecule has 3 aliphatic rings. The van der Waals surface area contributed by atoms with E-state index in [1.54, 1.807) is 0 Å². The van der Waals surface area contributed by atoms with Crippen LogP contribution in [-0.2, 0) is 11.8 Å². The van der Waals surface area contributed by atoms with Gasteiger partial charge in [0, 0.05) is 39.3 Å².